The lowest BCUT2D eigenvalue weighted by Crippen LogP contribution is -2.20. The monoisotopic (exact) mass is 222 g/mol. The summed E-state index contributed by atoms with van der Waals surface area (Å²) >= 11 is 1.70. The average molecular weight is 222 g/mol. The van der Waals surface area contributed by atoms with Crippen molar-refractivity contribution in [2.75, 3.05) is 6.54 Å². The number of unbranched alkanes of at least 4 members (excludes halogenated alkanes) is 2. The maximum absolute atomic E-state index is 5.19. The molecule has 0 amide bonds. The Balaban J connectivity index is 2.19. The van der Waals surface area contributed by atoms with E-state index in [2.05, 4.69) is 28.5 Å². The molecule has 3 heteroatoms. The second-order valence-electron chi connectivity index (χ2n) is 3.63. The van der Waals surface area contributed by atoms with E-state index in [1.54, 1.807) is 11.3 Å². The highest BCUT2D eigenvalue weighted by molar-refractivity contribution is 7.09. The predicted octanol–water partition coefficient (Wildman–Crippen LogP) is 2.91. The molecule has 0 aromatic carbocycles. The third-order valence-corrected chi connectivity index (χ3v) is 3.07. The molecular weight excluding hydrogens is 204 g/mol. The van der Waals surface area contributed by atoms with Crippen molar-refractivity contribution in [1.82, 2.24) is 10.3 Å². The molecule has 0 bridgehead atoms. The molecule has 0 radical (unpaired) electrons. The quantitative estimate of drug-likeness (QED) is 0.591. The van der Waals surface area contributed by atoms with Crippen LogP contribution in [-0.2, 0) is 0 Å². The van der Waals surface area contributed by atoms with Gasteiger partial charge in [-0.15, -0.1) is 23.7 Å². The number of thiazole rings is 1. The maximum atomic E-state index is 5.19. The number of hydrogen-bond acceptors (Lipinski definition) is 3. The smallest absolute Gasteiger partial charge is 0.0898 e. The van der Waals surface area contributed by atoms with Crippen molar-refractivity contribution >= 4 is 11.3 Å². The van der Waals surface area contributed by atoms with Gasteiger partial charge in [-0.2, -0.15) is 0 Å². The molecule has 15 heavy (non-hydrogen) atoms. The summed E-state index contributed by atoms with van der Waals surface area (Å²) in [5.41, 5.74) is 1.15. The van der Waals surface area contributed by atoms with Gasteiger partial charge in [-0.25, -0.2) is 4.98 Å². The van der Waals surface area contributed by atoms with E-state index < -0.39 is 0 Å². The van der Waals surface area contributed by atoms with Crippen molar-refractivity contribution in [1.29, 1.82) is 0 Å². The SMILES string of the molecule is C#CCCCCNC(C)c1csc(C)n1. The minimum atomic E-state index is 0.348. The van der Waals surface area contributed by atoms with Crippen molar-refractivity contribution in [3.63, 3.8) is 0 Å². The topological polar surface area (TPSA) is 24.9 Å². The molecule has 0 saturated carbocycles. The Morgan fingerprint density at radius 1 is 1.60 bits per heavy atom. The minimum Gasteiger partial charge on any atom is -0.309 e. The lowest BCUT2D eigenvalue weighted by molar-refractivity contribution is 0.541. The molecule has 1 unspecified atom stereocenters. The van der Waals surface area contributed by atoms with Crippen LogP contribution in [0.2, 0.25) is 0 Å². The van der Waals surface area contributed by atoms with Crippen molar-refractivity contribution < 1.29 is 0 Å². The molecule has 0 fully saturated rings. The summed E-state index contributed by atoms with van der Waals surface area (Å²) in [4.78, 5) is 4.45. The zero-order valence-corrected chi connectivity index (χ0v) is 10.2. The van der Waals surface area contributed by atoms with Crippen LogP contribution in [-0.4, -0.2) is 11.5 Å². The standard InChI is InChI=1S/C12H18N2S/c1-4-5-6-7-8-13-10(2)12-9-15-11(3)14-12/h1,9-10,13H,5-8H2,2-3H3. The summed E-state index contributed by atoms with van der Waals surface area (Å²) in [6, 6.07) is 0.348. The van der Waals surface area contributed by atoms with E-state index in [0.29, 0.717) is 6.04 Å². The molecule has 0 aliphatic carbocycles. The molecule has 1 N–H and O–H groups in total. The van der Waals surface area contributed by atoms with Crippen molar-refractivity contribution in [3.05, 3.63) is 16.1 Å². The highest BCUT2D eigenvalue weighted by atomic mass is 32.1. The van der Waals surface area contributed by atoms with Crippen LogP contribution < -0.4 is 5.32 Å². The predicted molar refractivity (Wildman–Crippen MR) is 66.0 cm³/mol. The number of nitrogens with one attached hydrogen (secondary N) is 1. The Labute approximate surface area is 96.1 Å². The summed E-state index contributed by atoms with van der Waals surface area (Å²) in [6.45, 7) is 5.20. The molecule has 1 aromatic rings. The zero-order valence-electron chi connectivity index (χ0n) is 9.42. The van der Waals surface area contributed by atoms with Gasteiger partial charge in [-0.05, 0) is 33.2 Å². The van der Waals surface area contributed by atoms with E-state index in [0.717, 1.165) is 36.5 Å². The molecule has 0 spiro atoms. The normalized spacial score (nSPS) is 12.3. The molecule has 1 atom stereocenters. The van der Waals surface area contributed by atoms with Crippen molar-refractivity contribution in [3.8, 4) is 12.3 Å². The number of terminal acetylenes is 1. The first kappa shape index (κ1) is 12.2. The number of rotatable bonds is 6. The molecule has 82 valence electrons. The van der Waals surface area contributed by atoms with E-state index in [-0.39, 0.29) is 0 Å². The first-order chi connectivity index (χ1) is 7.24. The van der Waals surface area contributed by atoms with Crippen molar-refractivity contribution in [2.24, 2.45) is 0 Å². The summed E-state index contributed by atoms with van der Waals surface area (Å²) in [5.74, 6) is 2.65. The zero-order chi connectivity index (χ0) is 11.1. The van der Waals surface area contributed by atoms with E-state index in [1.807, 2.05) is 6.92 Å². The minimum absolute atomic E-state index is 0.348. The van der Waals surface area contributed by atoms with Gasteiger partial charge in [-0.1, -0.05) is 0 Å². The lowest BCUT2D eigenvalue weighted by Gasteiger charge is -2.10. The van der Waals surface area contributed by atoms with Gasteiger partial charge < -0.3 is 5.32 Å². The molecule has 2 nitrogen and oxygen atoms in total. The highest BCUT2D eigenvalue weighted by Gasteiger charge is 2.06. The molecule has 0 aliphatic rings. The number of nitrogens with zero attached hydrogens (tertiary/aromatic N) is 1. The first-order valence-corrected chi connectivity index (χ1v) is 6.21. The fourth-order valence-electron chi connectivity index (χ4n) is 1.35. The Bertz CT molecular complexity index is 325. The van der Waals surface area contributed by atoms with Gasteiger partial charge in [0, 0.05) is 17.8 Å². The Hall–Kier alpha value is -0.850. The van der Waals surface area contributed by atoms with E-state index in [1.165, 1.54) is 0 Å². The second-order valence-corrected chi connectivity index (χ2v) is 4.69. The summed E-state index contributed by atoms with van der Waals surface area (Å²) < 4.78 is 0. The maximum Gasteiger partial charge on any atom is 0.0898 e. The lowest BCUT2D eigenvalue weighted by atomic mass is 10.2. The third kappa shape index (κ3) is 4.46. The molecule has 1 aromatic heterocycles. The molecule has 0 saturated heterocycles. The van der Waals surface area contributed by atoms with Crippen LogP contribution in [0.3, 0.4) is 0 Å². The van der Waals surface area contributed by atoms with Crippen LogP contribution in [0.1, 0.15) is 42.9 Å². The Morgan fingerprint density at radius 3 is 3.00 bits per heavy atom. The van der Waals surface area contributed by atoms with Crippen LogP contribution in [0, 0.1) is 19.3 Å². The van der Waals surface area contributed by atoms with E-state index >= 15 is 0 Å². The van der Waals surface area contributed by atoms with Gasteiger partial charge in [0.25, 0.3) is 0 Å². The van der Waals surface area contributed by atoms with Crippen LogP contribution in [0.15, 0.2) is 5.38 Å². The van der Waals surface area contributed by atoms with Crippen LogP contribution in [0.5, 0.6) is 0 Å². The first-order valence-electron chi connectivity index (χ1n) is 5.33. The Kier molecular flexibility index (Phi) is 5.38. The fourth-order valence-corrected chi connectivity index (χ4v) is 2.06. The number of aryl methyl sites for hydroxylation is 1. The van der Waals surface area contributed by atoms with Gasteiger partial charge in [0.1, 0.15) is 0 Å². The average Bonchev–Trinajstić information content (AvgIpc) is 2.64. The van der Waals surface area contributed by atoms with Gasteiger partial charge in [0.2, 0.25) is 0 Å². The van der Waals surface area contributed by atoms with Gasteiger partial charge >= 0.3 is 0 Å². The summed E-state index contributed by atoms with van der Waals surface area (Å²) in [6.07, 6.45) is 8.31. The van der Waals surface area contributed by atoms with Gasteiger partial charge in [-0.3, -0.25) is 0 Å². The second kappa shape index (κ2) is 6.60. The summed E-state index contributed by atoms with van der Waals surface area (Å²) in [5, 5.41) is 6.70. The molecule has 1 heterocycles. The largest absolute Gasteiger partial charge is 0.309 e. The molecular formula is C12H18N2S. The van der Waals surface area contributed by atoms with Crippen molar-refractivity contribution in [2.45, 2.75) is 39.2 Å². The van der Waals surface area contributed by atoms with Crippen LogP contribution in [0.25, 0.3) is 0 Å². The van der Waals surface area contributed by atoms with Crippen LogP contribution >= 0.6 is 11.3 Å². The summed E-state index contributed by atoms with van der Waals surface area (Å²) in [7, 11) is 0. The molecule has 1 rings (SSSR count). The molecule has 0 aliphatic heterocycles. The number of aromatic nitrogens is 1. The van der Waals surface area contributed by atoms with E-state index in [4.69, 9.17) is 6.42 Å². The van der Waals surface area contributed by atoms with Gasteiger partial charge in [0.05, 0.1) is 10.7 Å². The van der Waals surface area contributed by atoms with E-state index in [9.17, 15) is 0 Å². The highest BCUT2D eigenvalue weighted by Crippen LogP contribution is 2.15. The van der Waals surface area contributed by atoms with Crippen LogP contribution in [0.4, 0.5) is 0 Å². The number of hydrogen-bond donors (Lipinski definition) is 1. The van der Waals surface area contributed by atoms with Gasteiger partial charge in [0.15, 0.2) is 0 Å². The fraction of sp³-hybridized carbons (Fsp3) is 0.583. The Morgan fingerprint density at radius 2 is 2.40 bits per heavy atom. The third-order valence-electron chi connectivity index (χ3n) is 2.28.